The predicted molar refractivity (Wildman–Crippen MR) is 67.8 cm³/mol. The van der Waals surface area contributed by atoms with Gasteiger partial charge in [-0.05, 0) is 37.1 Å². The highest BCUT2D eigenvalue weighted by Crippen LogP contribution is 2.20. The first-order chi connectivity index (χ1) is 8.76. The Morgan fingerprint density at radius 3 is 3.00 bits per heavy atom. The number of nitrogens with one attached hydrogen (secondary N) is 1. The third kappa shape index (κ3) is 2.07. The number of carbonyl (C=O) groups is 1. The molecule has 1 amide bonds. The van der Waals surface area contributed by atoms with Crippen molar-refractivity contribution in [2.45, 2.75) is 25.4 Å². The van der Waals surface area contributed by atoms with Gasteiger partial charge in [0.05, 0.1) is 11.6 Å². The number of fused-ring (bicyclic) bond motifs is 1. The van der Waals surface area contributed by atoms with Crippen LogP contribution in [-0.4, -0.2) is 16.5 Å². The van der Waals surface area contributed by atoms with Gasteiger partial charge in [0.25, 0.3) is 0 Å². The molecule has 1 aliphatic carbocycles. The molecule has 1 N–H and O–H groups in total. The molecule has 1 aliphatic rings. The Balaban J connectivity index is 1.83. The van der Waals surface area contributed by atoms with E-state index >= 15 is 0 Å². The zero-order valence-corrected chi connectivity index (χ0v) is 9.89. The van der Waals surface area contributed by atoms with Gasteiger partial charge in [-0.15, -0.1) is 0 Å². The van der Waals surface area contributed by atoms with Gasteiger partial charge in [0.2, 0.25) is 5.91 Å². The van der Waals surface area contributed by atoms with Gasteiger partial charge >= 0.3 is 0 Å². The Labute approximate surface area is 105 Å². The first-order valence-electron chi connectivity index (χ1n) is 6.04. The molecule has 1 aromatic carbocycles. The number of carbonyl (C=O) groups excluding carboxylic acids is 1. The molecule has 0 saturated heterocycles. The Morgan fingerprint density at radius 2 is 2.28 bits per heavy atom. The second-order valence-corrected chi connectivity index (χ2v) is 4.67. The molecule has 1 fully saturated rings. The van der Waals surface area contributed by atoms with E-state index in [0.717, 1.165) is 23.7 Å². The number of rotatable bonds is 3. The maximum atomic E-state index is 11.7. The van der Waals surface area contributed by atoms with Gasteiger partial charge in [-0.2, -0.15) is 5.26 Å². The average Bonchev–Trinajstić information content (AvgIpc) is 3.10. The van der Waals surface area contributed by atoms with Crippen LogP contribution in [0.25, 0.3) is 10.9 Å². The molecule has 1 aromatic heterocycles. The molecule has 0 spiro atoms. The van der Waals surface area contributed by atoms with Gasteiger partial charge in [0.15, 0.2) is 0 Å². The van der Waals surface area contributed by atoms with E-state index in [1.165, 1.54) is 0 Å². The van der Waals surface area contributed by atoms with Crippen molar-refractivity contribution in [1.82, 2.24) is 9.88 Å². The Hall–Kier alpha value is -2.28. The molecule has 4 heteroatoms. The van der Waals surface area contributed by atoms with Crippen LogP contribution in [0.4, 0.5) is 0 Å². The maximum absolute atomic E-state index is 11.7. The molecule has 0 aliphatic heterocycles. The number of nitriles is 1. The highest BCUT2D eigenvalue weighted by Gasteiger charge is 2.23. The second kappa shape index (κ2) is 4.19. The number of amides is 1. The molecule has 0 atom stereocenters. The van der Waals surface area contributed by atoms with Crippen molar-refractivity contribution >= 4 is 16.8 Å². The van der Waals surface area contributed by atoms with Crippen molar-refractivity contribution < 1.29 is 4.79 Å². The van der Waals surface area contributed by atoms with E-state index in [0.29, 0.717) is 18.2 Å². The average molecular weight is 239 g/mol. The molecule has 1 heterocycles. The number of aromatic nitrogens is 1. The molecule has 90 valence electrons. The standard InChI is InChI=1S/C14H13N3O/c15-8-10-1-4-13-11(7-10)5-6-17(13)9-14(18)16-12-2-3-12/h1,4-7,12H,2-3,9H2,(H,16,18). The third-order valence-electron chi connectivity index (χ3n) is 3.16. The van der Waals surface area contributed by atoms with Crippen LogP contribution in [0.5, 0.6) is 0 Å². The van der Waals surface area contributed by atoms with Gasteiger partial charge < -0.3 is 9.88 Å². The number of benzene rings is 1. The van der Waals surface area contributed by atoms with Crippen molar-refractivity contribution in [3.8, 4) is 6.07 Å². The lowest BCUT2D eigenvalue weighted by Gasteiger charge is -2.06. The zero-order chi connectivity index (χ0) is 12.5. The fraction of sp³-hybridized carbons (Fsp3) is 0.286. The lowest BCUT2D eigenvalue weighted by molar-refractivity contribution is -0.121. The summed E-state index contributed by atoms with van der Waals surface area (Å²) in [7, 11) is 0. The highest BCUT2D eigenvalue weighted by atomic mass is 16.2. The Morgan fingerprint density at radius 1 is 1.44 bits per heavy atom. The SMILES string of the molecule is N#Cc1ccc2c(ccn2CC(=O)NC2CC2)c1. The molecule has 2 aromatic rings. The van der Waals surface area contributed by atoms with Crippen molar-refractivity contribution in [3.05, 3.63) is 36.0 Å². The predicted octanol–water partition coefficient (Wildman–Crippen LogP) is 1.79. The molecule has 3 rings (SSSR count). The summed E-state index contributed by atoms with van der Waals surface area (Å²) in [5.41, 5.74) is 1.63. The van der Waals surface area contributed by atoms with Crippen molar-refractivity contribution in [2.75, 3.05) is 0 Å². The van der Waals surface area contributed by atoms with E-state index in [1.807, 2.05) is 29.0 Å². The lowest BCUT2D eigenvalue weighted by Crippen LogP contribution is -2.28. The van der Waals surface area contributed by atoms with E-state index < -0.39 is 0 Å². The molecular weight excluding hydrogens is 226 g/mol. The third-order valence-corrected chi connectivity index (χ3v) is 3.16. The minimum atomic E-state index is 0.0550. The quantitative estimate of drug-likeness (QED) is 0.887. The number of hydrogen-bond donors (Lipinski definition) is 1. The largest absolute Gasteiger partial charge is 0.352 e. The van der Waals surface area contributed by atoms with Crippen LogP contribution >= 0.6 is 0 Å². The van der Waals surface area contributed by atoms with Gasteiger partial charge in [0, 0.05) is 23.1 Å². The summed E-state index contributed by atoms with van der Waals surface area (Å²) in [5, 5.41) is 12.8. The van der Waals surface area contributed by atoms with Crippen molar-refractivity contribution in [3.63, 3.8) is 0 Å². The molecule has 1 saturated carbocycles. The van der Waals surface area contributed by atoms with Gasteiger partial charge in [0.1, 0.15) is 6.54 Å². The lowest BCUT2D eigenvalue weighted by atomic mass is 10.2. The molecule has 0 radical (unpaired) electrons. The zero-order valence-electron chi connectivity index (χ0n) is 9.89. The molecular formula is C14H13N3O. The van der Waals surface area contributed by atoms with Crippen LogP contribution < -0.4 is 5.32 Å². The summed E-state index contributed by atoms with van der Waals surface area (Å²) in [6, 6.07) is 9.94. The van der Waals surface area contributed by atoms with E-state index in [4.69, 9.17) is 5.26 Å². The van der Waals surface area contributed by atoms with Crippen LogP contribution in [0.2, 0.25) is 0 Å². The van der Waals surface area contributed by atoms with E-state index in [2.05, 4.69) is 11.4 Å². The summed E-state index contributed by atoms with van der Waals surface area (Å²) in [5.74, 6) is 0.0550. The van der Waals surface area contributed by atoms with Gasteiger partial charge in [-0.1, -0.05) is 0 Å². The second-order valence-electron chi connectivity index (χ2n) is 4.67. The van der Waals surface area contributed by atoms with E-state index in [-0.39, 0.29) is 5.91 Å². The monoisotopic (exact) mass is 239 g/mol. The maximum Gasteiger partial charge on any atom is 0.240 e. The molecule has 0 bridgehead atoms. The van der Waals surface area contributed by atoms with E-state index in [9.17, 15) is 4.79 Å². The van der Waals surface area contributed by atoms with Crippen LogP contribution in [-0.2, 0) is 11.3 Å². The minimum Gasteiger partial charge on any atom is -0.352 e. The molecule has 0 unspecified atom stereocenters. The molecule has 4 nitrogen and oxygen atoms in total. The minimum absolute atomic E-state index is 0.0550. The smallest absolute Gasteiger partial charge is 0.240 e. The van der Waals surface area contributed by atoms with Gasteiger partial charge in [-0.3, -0.25) is 4.79 Å². The van der Waals surface area contributed by atoms with Crippen LogP contribution in [0, 0.1) is 11.3 Å². The summed E-state index contributed by atoms with van der Waals surface area (Å²) in [6.45, 7) is 0.339. The van der Waals surface area contributed by atoms with Crippen LogP contribution in [0.1, 0.15) is 18.4 Å². The van der Waals surface area contributed by atoms with Crippen LogP contribution in [0.3, 0.4) is 0 Å². The summed E-state index contributed by atoms with van der Waals surface area (Å²) in [6.07, 6.45) is 4.09. The Bertz CT molecular complexity index is 647. The van der Waals surface area contributed by atoms with Crippen molar-refractivity contribution in [1.29, 1.82) is 5.26 Å². The number of hydrogen-bond acceptors (Lipinski definition) is 2. The first kappa shape index (κ1) is 10.8. The summed E-state index contributed by atoms with van der Waals surface area (Å²) in [4.78, 5) is 11.7. The van der Waals surface area contributed by atoms with Crippen molar-refractivity contribution in [2.24, 2.45) is 0 Å². The summed E-state index contributed by atoms with van der Waals surface area (Å²) >= 11 is 0. The topological polar surface area (TPSA) is 57.8 Å². The summed E-state index contributed by atoms with van der Waals surface area (Å²) < 4.78 is 1.91. The first-order valence-corrected chi connectivity index (χ1v) is 6.04. The normalized spacial score (nSPS) is 14.4. The van der Waals surface area contributed by atoms with E-state index in [1.54, 1.807) is 6.07 Å². The van der Waals surface area contributed by atoms with Crippen LogP contribution in [0.15, 0.2) is 30.5 Å². The Kier molecular flexibility index (Phi) is 2.52. The van der Waals surface area contributed by atoms with Gasteiger partial charge in [-0.25, -0.2) is 0 Å². The fourth-order valence-electron chi connectivity index (χ4n) is 2.06. The fourth-order valence-corrected chi connectivity index (χ4v) is 2.06. The number of nitrogens with zero attached hydrogens (tertiary/aromatic N) is 2. The highest BCUT2D eigenvalue weighted by molar-refractivity contribution is 5.84. The molecule has 18 heavy (non-hydrogen) atoms.